The van der Waals surface area contributed by atoms with Crippen molar-refractivity contribution in [1.29, 1.82) is 0 Å². The van der Waals surface area contributed by atoms with Crippen LogP contribution in [0.15, 0.2) is 12.1 Å². The highest BCUT2D eigenvalue weighted by molar-refractivity contribution is 7.77. The summed E-state index contributed by atoms with van der Waals surface area (Å²) in [4.78, 5) is 0. The van der Waals surface area contributed by atoms with Gasteiger partial charge in [-0.1, -0.05) is 0 Å². The molecule has 3 N–H and O–H groups in total. The SMILES string of the molecule is O=S(O)NCc1cc(F)c(C2(O)COC2)cc1F. The van der Waals surface area contributed by atoms with Crippen LogP contribution in [0.3, 0.4) is 0 Å². The van der Waals surface area contributed by atoms with E-state index in [1.54, 1.807) is 0 Å². The van der Waals surface area contributed by atoms with Gasteiger partial charge in [-0.25, -0.2) is 17.7 Å². The number of hydrogen-bond acceptors (Lipinski definition) is 3. The van der Waals surface area contributed by atoms with Gasteiger partial charge in [0.05, 0.1) is 13.2 Å². The quantitative estimate of drug-likeness (QED) is 0.697. The maximum absolute atomic E-state index is 13.7. The molecule has 18 heavy (non-hydrogen) atoms. The van der Waals surface area contributed by atoms with Crippen molar-refractivity contribution < 1.29 is 27.4 Å². The molecule has 5 nitrogen and oxygen atoms in total. The predicted molar refractivity (Wildman–Crippen MR) is 58.7 cm³/mol. The van der Waals surface area contributed by atoms with Crippen LogP contribution in [0.1, 0.15) is 11.1 Å². The monoisotopic (exact) mass is 279 g/mol. The Kier molecular flexibility index (Phi) is 3.74. The van der Waals surface area contributed by atoms with E-state index in [1.807, 2.05) is 4.72 Å². The van der Waals surface area contributed by atoms with Crippen molar-refractivity contribution in [3.8, 4) is 0 Å². The lowest BCUT2D eigenvalue weighted by molar-refractivity contribution is -0.186. The summed E-state index contributed by atoms with van der Waals surface area (Å²) in [6.45, 7) is -0.454. The lowest BCUT2D eigenvalue weighted by Gasteiger charge is -2.37. The van der Waals surface area contributed by atoms with E-state index in [0.29, 0.717) is 0 Å². The molecule has 2 rings (SSSR count). The van der Waals surface area contributed by atoms with E-state index in [0.717, 1.165) is 12.1 Å². The lowest BCUT2D eigenvalue weighted by atomic mass is 9.90. The van der Waals surface area contributed by atoms with Gasteiger partial charge in [-0.3, -0.25) is 4.55 Å². The molecule has 1 saturated heterocycles. The maximum Gasteiger partial charge on any atom is 0.232 e. The van der Waals surface area contributed by atoms with Crippen LogP contribution >= 0.6 is 0 Å². The summed E-state index contributed by atoms with van der Waals surface area (Å²) in [6.07, 6.45) is 0. The molecule has 8 heteroatoms. The number of hydrogen-bond donors (Lipinski definition) is 3. The molecule has 0 amide bonds. The first-order valence-corrected chi connectivity index (χ1v) is 6.16. The van der Waals surface area contributed by atoms with Crippen molar-refractivity contribution >= 4 is 11.3 Å². The Morgan fingerprint density at radius 1 is 1.39 bits per heavy atom. The molecule has 0 saturated carbocycles. The highest BCUT2D eigenvalue weighted by Crippen LogP contribution is 2.32. The zero-order valence-corrected chi connectivity index (χ0v) is 9.97. The minimum Gasteiger partial charge on any atom is -0.380 e. The summed E-state index contributed by atoms with van der Waals surface area (Å²) in [5.41, 5.74) is -1.75. The van der Waals surface area contributed by atoms with Gasteiger partial charge in [0, 0.05) is 17.7 Å². The second-order valence-corrected chi connectivity index (χ2v) is 4.81. The Morgan fingerprint density at radius 3 is 2.56 bits per heavy atom. The normalized spacial score (nSPS) is 19.3. The minimum atomic E-state index is -2.30. The Labute approximate surface area is 104 Å². The fourth-order valence-corrected chi connectivity index (χ4v) is 1.95. The third-order valence-corrected chi connectivity index (χ3v) is 3.10. The summed E-state index contributed by atoms with van der Waals surface area (Å²) in [5, 5.41) is 9.86. The van der Waals surface area contributed by atoms with Crippen molar-refractivity contribution in [3.63, 3.8) is 0 Å². The van der Waals surface area contributed by atoms with Crippen LogP contribution < -0.4 is 4.72 Å². The lowest BCUT2D eigenvalue weighted by Crippen LogP contribution is -2.47. The molecule has 0 bridgehead atoms. The maximum atomic E-state index is 13.7. The van der Waals surface area contributed by atoms with E-state index < -0.39 is 28.5 Å². The predicted octanol–water partition coefficient (Wildman–Crippen LogP) is 0.409. The summed E-state index contributed by atoms with van der Waals surface area (Å²) >= 11 is -2.30. The molecule has 1 aliphatic heterocycles. The number of aliphatic hydroxyl groups is 1. The molecule has 1 aromatic carbocycles. The van der Waals surface area contributed by atoms with Gasteiger partial charge in [0.2, 0.25) is 11.3 Å². The zero-order valence-electron chi connectivity index (χ0n) is 9.15. The van der Waals surface area contributed by atoms with E-state index in [2.05, 4.69) is 0 Å². The van der Waals surface area contributed by atoms with Crippen molar-refractivity contribution in [2.24, 2.45) is 0 Å². The average molecular weight is 279 g/mol. The van der Waals surface area contributed by atoms with E-state index in [4.69, 9.17) is 9.29 Å². The molecule has 1 unspecified atom stereocenters. The number of halogens is 2. The molecule has 100 valence electrons. The third kappa shape index (κ3) is 2.57. The highest BCUT2D eigenvalue weighted by Gasteiger charge is 2.40. The first-order chi connectivity index (χ1) is 8.42. The number of ether oxygens (including phenoxy) is 1. The molecule has 0 radical (unpaired) electrons. The molecule has 1 fully saturated rings. The van der Waals surface area contributed by atoms with E-state index in [-0.39, 0.29) is 30.9 Å². The zero-order chi connectivity index (χ0) is 13.3. The van der Waals surface area contributed by atoms with Crippen molar-refractivity contribution in [2.75, 3.05) is 13.2 Å². The minimum absolute atomic E-state index is 0.0817. The molecule has 1 aliphatic rings. The van der Waals surface area contributed by atoms with Gasteiger partial charge in [-0.05, 0) is 12.1 Å². The number of benzene rings is 1. The van der Waals surface area contributed by atoms with Gasteiger partial charge in [0.15, 0.2) is 0 Å². The number of rotatable bonds is 4. The topological polar surface area (TPSA) is 78.8 Å². The van der Waals surface area contributed by atoms with Gasteiger partial charge in [-0.15, -0.1) is 0 Å². The first-order valence-electron chi connectivity index (χ1n) is 5.05. The fourth-order valence-electron chi connectivity index (χ4n) is 1.67. The largest absolute Gasteiger partial charge is 0.380 e. The van der Waals surface area contributed by atoms with Gasteiger partial charge >= 0.3 is 0 Å². The Hall–Kier alpha value is -0.930. The Morgan fingerprint density at radius 2 is 2.06 bits per heavy atom. The van der Waals surface area contributed by atoms with E-state index >= 15 is 0 Å². The fraction of sp³-hybridized carbons (Fsp3) is 0.400. The summed E-state index contributed by atoms with van der Waals surface area (Å²) in [5.74, 6) is -1.53. The van der Waals surface area contributed by atoms with Crippen LogP contribution in [0, 0.1) is 11.6 Å². The Bertz CT molecular complexity index is 493. The summed E-state index contributed by atoms with van der Waals surface area (Å²) in [6, 6.07) is 1.77. The Balaban J connectivity index is 2.26. The van der Waals surface area contributed by atoms with Crippen molar-refractivity contribution in [3.05, 3.63) is 34.9 Å². The molecule has 1 atom stereocenters. The summed E-state index contributed by atoms with van der Waals surface area (Å²) in [7, 11) is 0. The van der Waals surface area contributed by atoms with Gasteiger partial charge in [0.25, 0.3) is 0 Å². The van der Waals surface area contributed by atoms with Gasteiger partial charge in [0.1, 0.15) is 17.2 Å². The molecule has 1 heterocycles. The van der Waals surface area contributed by atoms with Crippen LogP contribution in [0.2, 0.25) is 0 Å². The third-order valence-electron chi connectivity index (χ3n) is 2.71. The van der Waals surface area contributed by atoms with Gasteiger partial charge in [-0.2, -0.15) is 0 Å². The summed E-state index contributed by atoms with van der Waals surface area (Å²) < 4.78 is 53.0. The van der Waals surface area contributed by atoms with Crippen LogP contribution in [0.5, 0.6) is 0 Å². The molecule has 0 spiro atoms. The molecule has 1 aromatic rings. The molecule has 0 aliphatic carbocycles. The van der Waals surface area contributed by atoms with Crippen LogP contribution in [-0.4, -0.2) is 27.1 Å². The van der Waals surface area contributed by atoms with Crippen LogP contribution in [0.25, 0.3) is 0 Å². The van der Waals surface area contributed by atoms with E-state index in [9.17, 15) is 18.1 Å². The molecule has 0 aromatic heterocycles. The first kappa shape index (κ1) is 13.5. The number of nitrogens with one attached hydrogen (secondary N) is 1. The smallest absolute Gasteiger partial charge is 0.232 e. The van der Waals surface area contributed by atoms with Gasteiger partial charge < -0.3 is 9.84 Å². The standard InChI is InChI=1S/C10H11F2NO4S/c11-8-2-7(10(14)4-17-5-10)9(12)1-6(8)3-13-18(15)16/h1-2,13-14H,3-5H2,(H,15,16). The van der Waals surface area contributed by atoms with E-state index in [1.165, 1.54) is 0 Å². The van der Waals surface area contributed by atoms with Crippen LogP contribution in [-0.2, 0) is 28.1 Å². The van der Waals surface area contributed by atoms with Crippen LogP contribution in [0.4, 0.5) is 8.78 Å². The van der Waals surface area contributed by atoms with Crippen molar-refractivity contribution in [1.82, 2.24) is 4.72 Å². The highest BCUT2D eigenvalue weighted by atomic mass is 32.2. The molecular weight excluding hydrogens is 268 g/mol. The average Bonchev–Trinajstić information content (AvgIpc) is 2.26. The second-order valence-electron chi connectivity index (χ2n) is 4.02. The molecular formula is C10H11F2NO4S. The van der Waals surface area contributed by atoms with Crippen molar-refractivity contribution in [2.45, 2.75) is 12.1 Å². The second kappa shape index (κ2) is 4.98.